The van der Waals surface area contributed by atoms with Gasteiger partial charge in [-0.25, -0.2) is 9.52 Å². The summed E-state index contributed by atoms with van der Waals surface area (Å²) in [5, 5.41) is 21.2. The molecule has 168 valence electrons. The third-order valence-electron chi connectivity index (χ3n) is 5.12. The molecule has 8 heteroatoms. The number of phenols is 1. The van der Waals surface area contributed by atoms with E-state index in [1.807, 2.05) is 26.0 Å². The fourth-order valence-corrected chi connectivity index (χ4v) is 4.67. The molecule has 3 N–H and O–H groups in total. The first-order valence-corrected chi connectivity index (χ1v) is 11.5. The van der Waals surface area contributed by atoms with Gasteiger partial charge in [-0.3, -0.25) is 0 Å². The lowest BCUT2D eigenvalue weighted by Crippen LogP contribution is -2.14. The lowest BCUT2D eigenvalue weighted by atomic mass is 10.1. The minimum atomic E-state index is -1.78. The van der Waals surface area contributed by atoms with Crippen molar-refractivity contribution in [3.63, 3.8) is 0 Å². The number of aromatic hydroxyl groups is 1. The van der Waals surface area contributed by atoms with Gasteiger partial charge in [0.2, 0.25) is 0 Å². The quantitative estimate of drug-likeness (QED) is 0.274. The van der Waals surface area contributed by atoms with Crippen molar-refractivity contribution in [1.29, 1.82) is 0 Å². The molecule has 0 aliphatic carbocycles. The molecule has 4 aromatic rings. The van der Waals surface area contributed by atoms with E-state index in [1.165, 1.54) is 6.07 Å². The molecule has 0 aliphatic rings. The highest BCUT2D eigenvalue weighted by atomic mass is 35.5. The van der Waals surface area contributed by atoms with Gasteiger partial charge in [-0.05, 0) is 67.4 Å². The second-order valence-corrected chi connectivity index (χ2v) is 9.05. The summed E-state index contributed by atoms with van der Waals surface area (Å²) in [4.78, 5) is 11.8. The molecule has 6 nitrogen and oxygen atoms in total. The summed E-state index contributed by atoms with van der Waals surface area (Å²) in [6.07, 6.45) is 0. The Morgan fingerprint density at radius 3 is 2.18 bits per heavy atom. The minimum absolute atomic E-state index is 0.258. The van der Waals surface area contributed by atoms with Gasteiger partial charge in [0, 0.05) is 21.9 Å². The zero-order valence-electron chi connectivity index (χ0n) is 17.8. The summed E-state index contributed by atoms with van der Waals surface area (Å²) < 4.78 is 21.9. The maximum atomic E-state index is 13.1. The summed E-state index contributed by atoms with van der Waals surface area (Å²) in [7, 11) is 0. The molecular formula is C25H20ClNO5S. The van der Waals surface area contributed by atoms with Gasteiger partial charge in [0.25, 0.3) is 0 Å². The largest absolute Gasteiger partial charge is 0.588 e. The van der Waals surface area contributed by atoms with Crippen molar-refractivity contribution in [3.05, 3.63) is 88.4 Å². The van der Waals surface area contributed by atoms with Crippen molar-refractivity contribution in [2.24, 2.45) is 0 Å². The Balaban J connectivity index is 1.57. The molecular weight excluding hydrogens is 462 g/mol. The second-order valence-electron chi connectivity index (χ2n) is 7.49. The maximum absolute atomic E-state index is 13.1. The van der Waals surface area contributed by atoms with Gasteiger partial charge < -0.3 is 19.5 Å². The van der Waals surface area contributed by atoms with Crippen LogP contribution in [-0.4, -0.2) is 20.7 Å². The van der Waals surface area contributed by atoms with E-state index in [4.69, 9.17) is 16.3 Å². The summed E-state index contributed by atoms with van der Waals surface area (Å²) in [5.74, 6) is -0.398. The highest BCUT2D eigenvalue weighted by Crippen LogP contribution is 2.35. The van der Waals surface area contributed by atoms with Gasteiger partial charge in [-0.15, -0.1) is 0 Å². The van der Waals surface area contributed by atoms with Gasteiger partial charge in [-0.1, -0.05) is 29.8 Å². The number of carboxylic acids is 1. The Hall–Kier alpha value is -3.39. The molecule has 33 heavy (non-hydrogen) atoms. The lowest BCUT2D eigenvalue weighted by molar-refractivity contribution is 0.0693. The molecule has 0 bridgehead atoms. The number of rotatable bonds is 6. The first-order valence-electron chi connectivity index (χ1n) is 9.95. The molecule has 1 atom stereocenters. The number of ether oxygens (including phenoxy) is 1. The van der Waals surface area contributed by atoms with Crippen LogP contribution in [-0.2, 0) is 11.4 Å². The zero-order chi connectivity index (χ0) is 23.7. The predicted molar refractivity (Wildman–Crippen MR) is 130 cm³/mol. The number of nitrogens with one attached hydrogen (secondary N) is 1. The molecule has 4 aromatic carbocycles. The third-order valence-corrected chi connectivity index (χ3v) is 6.87. The number of anilines is 1. The smallest absolute Gasteiger partial charge is 0.339 e. The van der Waals surface area contributed by atoms with Crippen molar-refractivity contribution in [1.82, 2.24) is 0 Å². The second kappa shape index (κ2) is 9.23. The van der Waals surface area contributed by atoms with Crippen LogP contribution < -0.4 is 9.46 Å². The number of benzene rings is 4. The standard InChI is InChI=1S/C25H20ClNO5S/c1-14-11-18(12-15(2)23(14)26)32-17-9-7-16(8-10-17)27-33(31)22-13-21(25(29)30)24(28)20-6-4-3-5-19(20)22/h3-13,27-28H,1-2H3,(H,29,30). The molecule has 0 aliphatic heterocycles. The third kappa shape index (κ3) is 4.71. The van der Waals surface area contributed by atoms with Crippen molar-refractivity contribution in [2.45, 2.75) is 18.7 Å². The van der Waals surface area contributed by atoms with Crippen LogP contribution in [0.15, 0.2) is 71.6 Å². The molecule has 1 unspecified atom stereocenters. The minimum Gasteiger partial charge on any atom is -0.588 e. The Morgan fingerprint density at radius 1 is 0.970 bits per heavy atom. The van der Waals surface area contributed by atoms with E-state index in [-0.39, 0.29) is 16.2 Å². The van der Waals surface area contributed by atoms with Crippen LogP contribution in [0.1, 0.15) is 21.5 Å². The SMILES string of the molecule is Cc1cc(Oc2ccc(N[S+]([O-])c3cc(C(=O)O)c(O)c4ccccc34)cc2)cc(C)c1Cl. The molecule has 0 fully saturated rings. The molecule has 0 aromatic heterocycles. The average Bonchev–Trinajstić information content (AvgIpc) is 2.79. The Labute approximate surface area is 198 Å². The number of carbonyl (C=O) groups is 1. The Kier molecular flexibility index (Phi) is 6.37. The van der Waals surface area contributed by atoms with E-state index < -0.39 is 17.3 Å². The summed E-state index contributed by atoms with van der Waals surface area (Å²) in [6, 6.07) is 18.5. The monoisotopic (exact) mass is 481 g/mol. The van der Waals surface area contributed by atoms with Gasteiger partial charge in [0.15, 0.2) is 4.90 Å². The topological polar surface area (TPSA) is 102 Å². The van der Waals surface area contributed by atoms with Crippen LogP contribution in [0.4, 0.5) is 5.69 Å². The van der Waals surface area contributed by atoms with E-state index in [1.54, 1.807) is 48.5 Å². The van der Waals surface area contributed by atoms with Gasteiger partial charge in [0.05, 0.1) is 5.69 Å². The lowest BCUT2D eigenvalue weighted by Gasteiger charge is -2.15. The predicted octanol–water partition coefficient (Wildman–Crippen LogP) is 6.44. The number of fused-ring (bicyclic) bond motifs is 1. The normalized spacial score (nSPS) is 11.9. The van der Waals surface area contributed by atoms with Crippen LogP contribution in [0.25, 0.3) is 10.8 Å². The van der Waals surface area contributed by atoms with E-state index in [0.717, 1.165) is 11.1 Å². The average molecular weight is 482 g/mol. The highest BCUT2D eigenvalue weighted by molar-refractivity contribution is 7.93. The van der Waals surface area contributed by atoms with Crippen LogP contribution in [0, 0.1) is 13.8 Å². The highest BCUT2D eigenvalue weighted by Gasteiger charge is 2.23. The fourth-order valence-electron chi connectivity index (χ4n) is 3.50. The molecule has 0 spiro atoms. The molecule has 0 saturated heterocycles. The van der Waals surface area contributed by atoms with Crippen molar-refractivity contribution in [3.8, 4) is 17.2 Å². The number of carboxylic acid groups (broad SMARTS) is 1. The van der Waals surface area contributed by atoms with Crippen LogP contribution in [0.2, 0.25) is 5.02 Å². The van der Waals surface area contributed by atoms with Crippen molar-refractivity contribution >= 4 is 45.4 Å². The summed E-state index contributed by atoms with van der Waals surface area (Å²) in [5.41, 5.74) is 2.08. The first-order chi connectivity index (χ1) is 15.7. The maximum Gasteiger partial charge on any atom is 0.339 e. The van der Waals surface area contributed by atoms with E-state index in [9.17, 15) is 19.6 Å². The summed E-state index contributed by atoms with van der Waals surface area (Å²) in [6.45, 7) is 3.82. The van der Waals surface area contributed by atoms with Gasteiger partial charge >= 0.3 is 5.97 Å². The molecule has 4 rings (SSSR count). The van der Waals surface area contributed by atoms with E-state index >= 15 is 0 Å². The number of hydrogen-bond acceptors (Lipinski definition) is 5. The molecule has 0 amide bonds. The van der Waals surface area contributed by atoms with E-state index in [2.05, 4.69) is 4.72 Å². The fraction of sp³-hybridized carbons (Fsp3) is 0.0800. The molecule has 0 heterocycles. The number of hydrogen-bond donors (Lipinski definition) is 3. The molecule has 0 radical (unpaired) electrons. The van der Waals surface area contributed by atoms with Crippen molar-refractivity contribution in [2.75, 3.05) is 4.72 Å². The van der Waals surface area contributed by atoms with Crippen LogP contribution >= 0.6 is 11.6 Å². The van der Waals surface area contributed by atoms with Crippen LogP contribution in [0.3, 0.4) is 0 Å². The Bertz CT molecular complexity index is 1330. The first kappa shape index (κ1) is 22.8. The zero-order valence-corrected chi connectivity index (χ0v) is 19.3. The van der Waals surface area contributed by atoms with Crippen molar-refractivity contribution < 1.29 is 24.3 Å². The van der Waals surface area contributed by atoms with Crippen LogP contribution in [0.5, 0.6) is 17.2 Å². The summed E-state index contributed by atoms with van der Waals surface area (Å²) >= 11 is 4.43. The van der Waals surface area contributed by atoms with Gasteiger partial charge in [0.1, 0.15) is 34.2 Å². The number of aromatic carboxylic acids is 1. The number of aryl methyl sites for hydroxylation is 2. The van der Waals surface area contributed by atoms with Gasteiger partial charge in [-0.2, -0.15) is 0 Å². The number of halogens is 1. The van der Waals surface area contributed by atoms with E-state index in [0.29, 0.717) is 33.0 Å². The Morgan fingerprint density at radius 2 is 1.58 bits per heavy atom. The molecule has 0 saturated carbocycles.